The second-order valence-corrected chi connectivity index (χ2v) is 3.59. The van der Waals surface area contributed by atoms with Crippen LogP contribution in [0.5, 0.6) is 11.5 Å². The molecule has 0 aliphatic heterocycles. The smallest absolute Gasteiger partial charge is 0.318 e. The first-order valence-electron chi connectivity index (χ1n) is 5.33. The maximum absolute atomic E-state index is 11.5. The summed E-state index contributed by atoms with van der Waals surface area (Å²) in [4.78, 5) is 22.0. The number of ether oxygens (including phenoxy) is 2. The Morgan fingerprint density at radius 1 is 1.42 bits per heavy atom. The van der Waals surface area contributed by atoms with Gasteiger partial charge in [-0.15, -0.1) is 0 Å². The minimum Gasteiger partial charge on any atom is -0.493 e. The molecule has 0 spiro atoms. The molecule has 0 saturated carbocycles. The topological polar surface area (TPSA) is 114 Å². The van der Waals surface area contributed by atoms with Gasteiger partial charge >= 0.3 is 6.03 Å². The molecule has 0 aliphatic carbocycles. The number of methoxy groups -OCH3 is 1. The number of nitrogens with one attached hydrogen (secondary N) is 1. The fraction of sp³-hybridized carbons (Fsp3) is 0.250. The summed E-state index contributed by atoms with van der Waals surface area (Å²) < 4.78 is 10.4. The van der Waals surface area contributed by atoms with Gasteiger partial charge in [0.05, 0.1) is 18.7 Å². The Balaban J connectivity index is 2.85. The normalized spacial score (nSPS) is 11.0. The predicted molar refractivity (Wildman–Crippen MR) is 65.5 cm³/mol. The average molecular weight is 263 g/mol. The molecule has 0 aliphatic rings. The average Bonchev–Trinajstić information content (AvgIpc) is 2.38. The van der Waals surface area contributed by atoms with E-state index in [-0.39, 0.29) is 5.75 Å². The molecule has 0 heterocycles. The van der Waals surface area contributed by atoms with Crippen LogP contribution in [-0.2, 0) is 4.79 Å². The zero-order chi connectivity index (χ0) is 14.4. The number of carbonyl (C=O) groups is 2. The van der Waals surface area contributed by atoms with Crippen LogP contribution in [0.2, 0.25) is 0 Å². The highest BCUT2D eigenvalue weighted by atomic mass is 16.5. The Labute approximate surface area is 109 Å². The third-order valence-electron chi connectivity index (χ3n) is 2.21. The van der Waals surface area contributed by atoms with Crippen LogP contribution in [0.3, 0.4) is 0 Å². The molecule has 100 valence electrons. The molecule has 1 atom stereocenters. The van der Waals surface area contributed by atoms with Gasteiger partial charge in [-0.2, -0.15) is 5.26 Å². The van der Waals surface area contributed by atoms with Crippen LogP contribution in [0.15, 0.2) is 18.2 Å². The number of urea groups is 1. The molecular formula is C12H13N3O4. The Hall–Kier alpha value is -2.75. The summed E-state index contributed by atoms with van der Waals surface area (Å²) in [6.07, 6.45) is -0.936. The van der Waals surface area contributed by atoms with Gasteiger partial charge in [0, 0.05) is 6.07 Å². The summed E-state index contributed by atoms with van der Waals surface area (Å²) >= 11 is 0. The molecule has 0 aromatic heterocycles. The number of imide groups is 1. The van der Waals surface area contributed by atoms with E-state index in [1.807, 2.05) is 11.4 Å². The first kappa shape index (κ1) is 14.3. The van der Waals surface area contributed by atoms with Gasteiger partial charge in [-0.1, -0.05) is 0 Å². The van der Waals surface area contributed by atoms with Crippen molar-refractivity contribution in [3.05, 3.63) is 23.8 Å². The summed E-state index contributed by atoms with van der Waals surface area (Å²) in [6, 6.07) is 5.51. The van der Waals surface area contributed by atoms with Crippen molar-refractivity contribution in [1.82, 2.24) is 5.32 Å². The van der Waals surface area contributed by atoms with E-state index in [0.717, 1.165) is 0 Å². The van der Waals surface area contributed by atoms with E-state index >= 15 is 0 Å². The van der Waals surface area contributed by atoms with Crippen molar-refractivity contribution in [3.8, 4) is 17.6 Å². The standard InChI is InChI=1S/C12H13N3O4/c1-7(11(16)15-12(14)17)19-9-4-3-8(6-13)5-10(9)18-2/h3-5,7H,1-2H3,(H3,14,15,16,17). The van der Waals surface area contributed by atoms with E-state index in [1.165, 1.54) is 32.2 Å². The molecule has 3 N–H and O–H groups in total. The van der Waals surface area contributed by atoms with Crippen LogP contribution in [0.25, 0.3) is 0 Å². The highest BCUT2D eigenvalue weighted by Crippen LogP contribution is 2.28. The molecule has 0 bridgehead atoms. The third-order valence-corrected chi connectivity index (χ3v) is 2.21. The molecule has 1 aromatic rings. The summed E-state index contributed by atoms with van der Waals surface area (Å²) in [5.74, 6) is -0.0645. The van der Waals surface area contributed by atoms with Crippen LogP contribution in [0.1, 0.15) is 12.5 Å². The van der Waals surface area contributed by atoms with Crippen molar-refractivity contribution in [2.75, 3.05) is 7.11 Å². The lowest BCUT2D eigenvalue weighted by molar-refractivity contribution is -0.126. The zero-order valence-electron chi connectivity index (χ0n) is 10.5. The monoisotopic (exact) mass is 263 g/mol. The number of benzene rings is 1. The second kappa shape index (κ2) is 6.26. The van der Waals surface area contributed by atoms with Gasteiger partial charge in [-0.05, 0) is 19.1 Å². The van der Waals surface area contributed by atoms with Gasteiger partial charge in [0.15, 0.2) is 17.6 Å². The summed E-state index contributed by atoms with van der Waals surface area (Å²) in [5, 5.41) is 10.7. The maximum Gasteiger partial charge on any atom is 0.318 e. The molecule has 1 unspecified atom stereocenters. The van der Waals surface area contributed by atoms with E-state index < -0.39 is 18.0 Å². The van der Waals surface area contributed by atoms with Crippen molar-refractivity contribution in [1.29, 1.82) is 5.26 Å². The zero-order valence-corrected chi connectivity index (χ0v) is 10.5. The summed E-state index contributed by atoms with van der Waals surface area (Å²) in [5.41, 5.74) is 5.23. The Morgan fingerprint density at radius 2 is 2.11 bits per heavy atom. The predicted octanol–water partition coefficient (Wildman–Crippen LogP) is 0.529. The molecular weight excluding hydrogens is 250 g/mol. The number of hydrogen-bond donors (Lipinski definition) is 2. The maximum atomic E-state index is 11.5. The fourth-order valence-corrected chi connectivity index (χ4v) is 1.30. The first-order chi connectivity index (χ1) is 8.97. The van der Waals surface area contributed by atoms with Gasteiger partial charge in [0.25, 0.3) is 5.91 Å². The number of hydrogen-bond acceptors (Lipinski definition) is 5. The molecule has 0 radical (unpaired) electrons. The number of nitriles is 1. The van der Waals surface area contributed by atoms with E-state index in [9.17, 15) is 9.59 Å². The Kier molecular flexibility index (Phi) is 4.71. The van der Waals surface area contributed by atoms with E-state index in [0.29, 0.717) is 11.3 Å². The van der Waals surface area contributed by atoms with Crippen LogP contribution < -0.4 is 20.5 Å². The molecule has 1 rings (SSSR count). The highest BCUT2D eigenvalue weighted by Gasteiger charge is 2.18. The lowest BCUT2D eigenvalue weighted by Gasteiger charge is -2.15. The number of primary amides is 1. The van der Waals surface area contributed by atoms with Crippen LogP contribution in [0.4, 0.5) is 4.79 Å². The number of nitrogens with two attached hydrogens (primary N) is 1. The number of carbonyl (C=O) groups excluding carboxylic acids is 2. The molecule has 1 aromatic carbocycles. The summed E-state index contributed by atoms with van der Waals surface area (Å²) in [7, 11) is 1.41. The molecule has 3 amide bonds. The largest absolute Gasteiger partial charge is 0.493 e. The molecule has 0 saturated heterocycles. The Morgan fingerprint density at radius 3 is 2.63 bits per heavy atom. The lowest BCUT2D eigenvalue weighted by Crippen LogP contribution is -2.42. The molecule has 7 heteroatoms. The van der Waals surface area contributed by atoms with Crippen molar-refractivity contribution >= 4 is 11.9 Å². The number of amides is 3. The van der Waals surface area contributed by atoms with Gasteiger partial charge < -0.3 is 15.2 Å². The molecule has 19 heavy (non-hydrogen) atoms. The minimum atomic E-state index is -0.952. The summed E-state index contributed by atoms with van der Waals surface area (Å²) in [6.45, 7) is 1.45. The van der Waals surface area contributed by atoms with Crippen LogP contribution in [-0.4, -0.2) is 25.2 Å². The van der Waals surface area contributed by atoms with Crippen LogP contribution in [0, 0.1) is 11.3 Å². The van der Waals surface area contributed by atoms with E-state index in [2.05, 4.69) is 0 Å². The molecule has 7 nitrogen and oxygen atoms in total. The number of nitrogens with zero attached hydrogens (tertiary/aromatic N) is 1. The SMILES string of the molecule is COc1cc(C#N)ccc1OC(C)C(=O)NC(N)=O. The van der Waals surface area contributed by atoms with Gasteiger partial charge in [0.1, 0.15) is 0 Å². The number of rotatable bonds is 4. The highest BCUT2D eigenvalue weighted by molar-refractivity contribution is 5.95. The van der Waals surface area contributed by atoms with Crippen LogP contribution >= 0.6 is 0 Å². The van der Waals surface area contributed by atoms with Crippen molar-refractivity contribution in [2.24, 2.45) is 5.73 Å². The second-order valence-electron chi connectivity index (χ2n) is 3.59. The Bertz CT molecular complexity index is 536. The van der Waals surface area contributed by atoms with E-state index in [4.69, 9.17) is 20.5 Å². The van der Waals surface area contributed by atoms with Crippen molar-refractivity contribution < 1.29 is 19.1 Å². The van der Waals surface area contributed by atoms with Gasteiger partial charge in [-0.3, -0.25) is 10.1 Å². The molecule has 0 fully saturated rings. The van der Waals surface area contributed by atoms with Crippen molar-refractivity contribution in [2.45, 2.75) is 13.0 Å². The van der Waals surface area contributed by atoms with Gasteiger partial charge in [0.2, 0.25) is 0 Å². The first-order valence-corrected chi connectivity index (χ1v) is 5.33. The third kappa shape index (κ3) is 3.89. The fourth-order valence-electron chi connectivity index (χ4n) is 1.30. The minimum absolute atomic E-state index is 0.286. The quantitative estimate of drug-likeness (QED) is 0.822. The van der Waals surface area contributed by atoms with E-state index in [1.54, 1.807) is 0 Å². The lowest BCUT2D eigenvalue weighted by atomic mass is 10.2. The van der Waals surface area contributed by atoms with Crippen molar-refractivity contribution in [3.63, 3.8) is 0 Å². The van der Waals surface area contributed by atoms with Gasteiger partial charge in [-0.25, -0.2) is 4.79 Å².